The first kappa shape index (κ1) is 20.7. The van der Waals surface area contributed by atoms with E-state index in [0.717, 1.165) is 10.7 Å². The Morgan fingerprint density at radius 2 is 1.83 bits per heavy atom. The van der Waals surface area contributed by atoms with Crippen molar-refractivity contribution in [3.8, 4) is 5.75 Å². The zero-order chi connectivity index (χ0) is 21.5. The van der Waals surface area contributed by atoms with Crippen LogP contribution in [-0.4, -0.2) is 28.2 Å². The third-order valence-electron chi connectivity index (χ3n) is 3.95. The van der Waals surface area contributed by atoms with Gasteiger partial charge in [0.1, 0.15) is 23.9 Å². The molecular formula is C21H19FN4O4. The normalized spacial score (nSPS) is 10.3. The molecule has 1 heterocycles. The van der Waals surface area contributed by atoms with E-state index >= 15 is 0 Å². The highest BCUT2D eigenvalue weighted by Gasteiger charge is 2.12. The molecular weight excluding hydrogens is 391 g/mol. The summed E-state index contributed by atoms with van der Waals surface area (Å²) in [4.78, 5) is 35.6. The number of hydrogen-bond donors (Lipinski definition) is 2. The minimum Gasteiger partial charge on any atom is -0.492 e. The van der Waals surface area contributed by atoms with E-state index in [1.165, 1.54) is 31.2 Å². The fourth-order valence-corrected chi connectivity index (χ4v) is 2.58. The summed E-state index contributed by atoms with van der Waals surface area (Å²) < 4.78 is 20.4. The number of amides is 2. The third-order valence-corrected chi connectivity index (χ3v) is 3.95. The molecule has 0 saturated carbocycles. The first-order valence-electron chi connectivity index (χ1n) is 9.07. The average Bonchev–Trinajstić information content (AvgIpc) is 2.72. The van der Waals surface area contributed by atoms with Crippen molar-refractivity contribution in [1.29, 1.82) is 0 Å². The predicted molar refractivity (Wildman–Crippen MR) is 109 cm³/mol. The number of nitrogens with zero attached hydrogens (tertiary/aromatic N) is 2. The average molecular weight is 410 g/mol. The lowest BCUT2D eigenvalue weighted by molar-refractivity contribution is -0.114. The first-order valence-corrected chi connectivity index (χ1v) is 9.07. The number of carbonyl (C=O) groups excluding carboxylic acids is 2. The molecule has 2 aromatic carbocycles. The number of aromatic nitrogens is 2. The Hall–Kier alpha value is -4.01. The van der Waals surface area contributed by atoms with Crippen LogP contribution in [0, 0.1) is 5.82 Å². The monoisotopic (exact) mass is 410 g/mol. The summed E-state index contributed by atoms with van der Waals surface area (Å²) >= 11 is 0. The van der Waals surface area contributed by atoms with Crippen molar-refractivity contribution in [3.63, 3.8) is 0 Å². The van der Waals surface area contributed by atoms with Gasteiger partial charge in [-0.05, 0) is 36.4 Å². The number of benzene rings is 2. The van der Waals surface area contributed by atoms with Crippen molar-refractivity contribution in [2.24, 2.45) is 0 Å². The topological polar surface area (TPSA) is 102 Å². The summed E-state index contributed by atoms with van der Waals surface area (Å²) in [5.41, 5.74) is -0.175. The van der Waals surface area contributed by atoms with Crippen LogP contribution in [0.3, 0.4) is 0 Å². The first-order chi connectivity index (χ1) is 14.4. The Morgan fingerprint density at radius 1 is 1.07 bits per heavy atom. The Kier molecular flexibility index (Phi) is 6.53. The van der Waals surface area contributed by atoms with E-state index in [1.54, 1.807) is 12.1 Å². The van der Waals surface area contributed by atoms with Crippen molar-refractivity contribution in [2.75, 3.05) is 17.2 Å². The molecule has 9 heteroatoms. The van der Waals surface area contributed by atoms with Gasteiger partial charge < -0.3 is 15.4 Å². The van der Waals surface area contributed by atoms with Gasteiger partial charge in [0, 0.05) is 18.7 Å². The molecule has 0 fully saturated rings. The molecule has 0 radical (unpaired) electrons. The second-order valence-electron chi connectivity index (χ2n) is 6.27. The third kappa shape index (κ3) is 5.51. The van der Waals surface area contributed by atoms with Crippen molar-refractivity contribution < 1.29 is 18.7 Å². The van der Waals surface area contributed by atoms with Crippen molar-refractivity contribution in [2.45, 2.75) is 13.5 Å². The Bertz CT molecular complexity index is 1120. The molecule has 1 aromatic heterocycles. The van der Waals surface area contributed by atoms with Crippen LogP contribution in [0.4, 0.5) is 15.8 Å². The smallest absolute Gasteiger partial charge is 0.276 e. The maximum absolute atomic E-state index is 13.7. The highest BCUT2D eigenvalue weighted by atomic mass is 19.1. The molecule has 0 spiro atoms. The SMILES string of the molecule is CC(=O)Nc1cc(NC(=O)c2ccc(=O)n(CCOc3ccccc3)n2)ccc1F. The van der Waals surface area contributed by atoms with Crippen LogP contribution in [0.15, 0.2) is 65.5 Å². The van der Waals surface area contributed by atoms with E-state index in [9.17, 15) is 18.8 Å². The summed E-state index contributed by atoms with van der Waals surface area (Å²) in [6.07, 6.45) is 0. The van der Waals surface area contributed by atoms with Crippen LogP contribution in [-0.2, 0) is 11.3 Å². The number of carbonyl (C=O) groups is 2. The van der Waals surface area contributed by atoms with Gasteiger partial charge in [-0.2, -0.15) is 5.10 Å². The van der Waals surface area contributed by atoms with E-state index in [2.05, 4.69) is 15.7 Å². The lowest BCUT2D eigenvalue weighted by Gasteiger charge is -2.10. The van der Waals surface area contributed by atoms with E-state index in [4.69, 9.17) is 4.74 Å². The fourth-order valence-electron chi connectivity index (χ4n) is 2.58. The van der Waals surface area contributed by atoms with Crippen molar-refractivity contribution in [3.05, 3.63) is 82.5 Å². The second kappa shape index (κ2) is 9.46. The highest BCUT2D eigenvalue weighted by molar-refractivity contribution is 6.03. The van der Waals surface area contributed by atoms with Crippen LogP contribution >= 0.6 is 0 Å². The number of para-hydroxylation sites is 1. The molecule has 2 N–H and O–H groups in total. The van der Waals surface area contributed by atoms with Gasteiger partial charge >= 0.3 is 0 Å². The fraction of sp³-hybridized carbons (Fsp3) is 0.143. The molecule has 2 amide bonds. The summed E-state index contributed by atoms with van der Waals surface area (Å²) in [6.45, 7) is 1.59. The molecule has 3 rings (SSSR count). The van der Waals surface area contributed by atoms with E-state index in [0.29, 0.717) is 5.75 Å². The van der Waals surface area contributed by atoms with Crippen LogP contribution in [0.1, 0.15) is 17.4 Å². The van der Waals surface area contributed by atoms with Gasteiger partial charge in [0.2, 0.25) is 5.91 Å². The minimum atomic E-state index is -0.631. The quantitative estimate of drug-likeness (QED) is 0.624. The number of hydrogen-bond acceptors (Lipinski definition) is 5. The number of halogens is 1. The lowest BCUT2D eigenvalue weighted by Crippen LogP contribution is -2.28. The molecule has 0 aliphatic carbocycles. The minimum absolute atomic E-state index is 0.000266. The van der Waals surface area contributed by atoms with Gasteiger partial charge in [0.05, 0.1) is 12.2 Å². The zero-order valence-corrected chi connectivity index (χ0v) is 16.1. The van der Waals surface area contributed by atoms with Gasteiger partial charge in [0.25, 0.3) is 11.5 Å². The molecule has 0 aliphatic heterocycles. The number of nitrogens with one attached hydrogen (secondary N) is 2. The van der Waals surface area contributed by atoms with Gasteiger partial charge in [-0.15, -0.1) is 0 Å². The number of ether oxygens (including phenoxy) is 1. The maximum atomic E-state index is 13.7. The van der Waals surface area contributed by atoms with Crippen LogP contribution in [0.5, 0.6) is 5.75 Å². The van der Waals surface area contributed by atoms with Crippen molar-refractivity contribution >= 4 is 23.2 Å². The van der Waals surface area contributed by atoms with Gasteiger partial charge in [-0.1, -0.05) is 18.2 Å². The molecule has 0 saturated heterocycles. The Morgan fingerprint density at radius 3 is 2.57 bits per heavy atom. The van der Waals surface area contributed by atoms with Gasteiger partial charge in [0.15, 0.2) is 0 Å². The molecule has 3 aromatic rings. The van der Waals surface area contributed by atoms with Crippen LogP contribution < -0.4 is 20.9 Å². The summed E-state index contributed by atoms with van der Waals surface area (Å²) in [5.74, 6) is -1.00. The predicted octanol–water partition coefficient (Wildman–Crippen LogP) is 2.67. The molecule has 30 heavy (non-hydrogen) atoms. The van der Waals surface area contributed by atoms with E-state index < -0.39 is 17.6 Å². The van der Waals surface area contributed by atoms with Gasteiger partial charge in [-0.25, -0.2) is 9.07 Å². The molecule has 0 bridgehead atoms. The largest absolute Gasteiger partial charge is 0.492 e. The summed E-state index contributed by atoms with van der Waals surface area (Å²) in [7, 11) is 0. The zero-order valence-electron chi connectivity index (χ0n) is 16.1. The molecule has 8 nitrogen and oxygen atoms in total. The Labute approximate surface area is 171 Å². The molecule has 0 aliphatic rings. The molecule has 0 unspecified atom stereocenters. The van der Waals surface area contributed by atoms with Crippen LogP contribution in [0.2, 0.25) is 0 Å². The van der Waals surface area contributed by atoms with E-state index in [-0.39, 0.29) is 35.8 Å². The number of anilines is 2. The second-order valence-corrected chi connectivity index (χ2v) is 6.27. The molecule has 0 atom stereocenters. The standard InChI is InChI=1S/C21H19FN4O4/c1-14(27)23-19-13-15(7-8-17(19)22)24-21(29)18-9-10-20(28)26(25-18)11-12-30-16-5-3-2-4-6-16/h2-10,13H,11-12H2,1H3,(H,23,27)(H,24,29). The number of rotatable bonds is 7. The van der Waals surface area contributed by atoms with Crippen molar-refractivity contribution in [1.82, 2.24) is 9.78 Å². The van der Waals surface area contributed by atoms with E-state index in [1.807, 2.05) is 18.2 Å². The highest BCUT2D eigenvalue weighted by Crippen LogP contribution is 2.20. The Balaban J connectivity index is 1.68. The van der Waals surface area contributed by atoms with Gasteiger partial charge in [-0.3, -0.25) is 14.4 Å². The maximum Gasteiger partial charge on any atom is 0.276 e. The summed E-state index contributed by atoms with van der Waals surface area (Å²) in [5, 5.41) is 8.96. The molecule has 154 valence electrons. The van der Waals surface area contributed by atoms with Crippen LogP contribution in [0.25, 0.3) is 0 Å². The lowest BCUT2D eigenvalue weighted by atomic mass is 10.2. The summed E-state index contributed by atoms with van der Waals surface area (Å²) in [6, 6.07) is 15.4.